The number of rotatable bonds is 4. The first-order valence-electron chi connectivity index (χ1n) is 6.61. The van der Waals surface area contributed by atoms with Gasteiger partial charge in [0.15, 0.2) is 0 Å². The second-order valence-electron chi connectivity index (χ2n) is 4.90. The first-order valence-corrected chi connectivity index (χ1v) is 6.61. The molecule has 2 unspecified atom stereocenters. The van der Waals surface area contributed by atoms with Gasteiger partial charge in [0.05, 0.1) is 0 Å². The van der Waals surface area contributed by atoms with Gasteiger partial charge in [0.1, 0.15) is 11.5 Å². The average Bonchev–Trinajstić information content (AvgIpc) is 2.83. The Morgan fingerprint density at radius 1 is 1.44 bits per heavy atom. The van der Waals surface area contributed by atoms with E-state index in [1.54, 1.807) is 12.1 Å². The van der Waals surface area contributed by atoms with Gasteiger partial charge >= 0.3 is 0 Å². The largest absolute Gasteiger partial charge is 0.508 e. The molecule has 3 N–H and O–H groups in total. The number of nitrogens with one attached hydrogen (secondary N) is 1. The van der Waals surface area contributed by atoms with Crippen LogP contribution in [0.25, 0.3) is 0 Å². The summed E-state index contributed by atoms with van der Waals surface area (Å²) >= 11 is 0. The second-order valence-corrected chi connectivity index (χ2v) is 4.90. The summed E-state index contributed by atoms with van der Waals surface area (Å²) < 4.78 is 0. The minimum atomic E-state index is 0.106. The van der Waals surface area contributed by atoms with E-state index in [1.807, 2.05) is 0 Å². The molecule has 4 heteroatoms. The maximum absolute atomic E-state index is 9.95. The highest BCUT2D eigenvalue weighted by Gasteiger charge is 2.27. The second kappa shape index (κ2) is 5.59. The van der Waals surface area contributed by atoms with Crippen molar-refractivity contribution < 1.29 is 10.2 Å². The van der Waals surface area contributed by atoms with Crippen molar-refractivity contribution in [2.75, 3.05) is 19.6 Å². The first-order chi connectivity index (χ1) is 8.63. The normalized spacial score (nSPS) is 21.4. The van der Waals surface area contributed by atoms with Gasteiger partial charge in [0.2, 0.25) is 0 Å². The lowest BCUT2D eigenvalue weighted by Gasteiger charge is -2.33. The maximum Gasteiger partial charge on any atom is 0.124 e. The zero-order valence-electron chi connectivity index (χ0n) is 11.1. The van der Waals surface area contributed by atoms with Crippen LogP contribution in [0, 0.1) is 0 Å². The molecule has 0 aliphatic carbocycles. The average molecular weight is 250 g/mol. The Hall–Kier alpha value is -1.26. The lowest BCUT2D eigenvalue weighted by molar-refractivity contribution is 0.160. The Morgan fingerprint density at radius 2 is 2.22 bits per heavy atom. The molecule has 2 rings (SSSR count). The third-order valence-corrected chi connectivity index (χ3v) is 3.83. The summed E-state index contributed by atoms with van der Waals surface area (Å²) in [6, 6.07) is 5.53. The summed E-state index contributed by atoms with van der Waals surface area (Å²) in [6.07, 6.45) is 1.15. The fraction of sp³-hybridized carbons (Fsp3) is 0.571. The number of benzene rings is 1. The van der Waals surface area contributed by atoms with E-state index < -0.39 is 0 Å². The van der Waals surface area contributed by atoms with Crippen LogP contribution >= 0.6 is 0 Å². The third kappa shape index (κ3) is 2.60. The lowest BCUT2D eigenvalue weighted by atomic mass is 10.0. The van der Waals surface area contributed by atoms with E-state index in [9.17, 15) is 10.2 Å². The van der Waals surface area contributed by atoms with Crippen LogP contribution < -0.4 is 5.32 Å². The number of aromatic hydroxyl groups is 2. The molecule has 0 aromatic heterocycles. The van der Waals surface area contributed by atoms with E-state index in [0.29, 0.717) is 6.04 Å². The number of hydrogen-bond acceptors (Lipinski definition) is 4. The van der Waals surface area contributed by atoms with Crippen molar-refractivity contribution in [1.29, 1.82) is 0 Å². The van der Waals surface area contributed by atoms with Crippen LogP contribution in [-0.2, 0) is 0 Å². The molecule has 0 bridgehead atoms. The van der Waals surface area contributed by atoms with Crippen molar-refractivity contribution in [3.63, 3.8) is 0 Å². The van der Waals surface area contributed by atoms with E-state index >= 15 is 0 Å². The van der Waals surface area contributed by atoms with Gasteiger partial charge in [-0.1, -0.05) is 13.0 Å². The molecule has 1 aliphatic rings. The van der Waals surface area contributed by atoms with Gasteiger partial charge in [-0.15, -0.1) is 0 Å². The van der Waals surface area contributed by atoms with Gasteiger partial charge in [-0.3, -0.25) is 4.90 Å². The van der Waals surface area contributed by atoms with Crippen LogP contribution in [0.2, 0.25) is 0 Å². The third-order valence-electron chi connectivity index (χ3n) is 3.83. The van der Waals surface area contributed by atoms with Crippen LogP contribution in [0.5, 0.6) is 11.5 Å². The van der Waals surface area contributed by atoms with E-state index in [4.69, 9.17) is 0 Å². The summed E-state index contributed by atoms with van der Waals surface area (Å²) in [7, 11) is 0. The van der Waals surface area contributed by atoms with Crippen molar-refractivity contribution in [3.8, 4) is 11.5 Å². The van der Waals surface area contributed by atoms with Crippen molar-refractivity contribution in [2.24, 2.45) is 0 Å². The molecule has 0 saturated carbocycles. The predicted molar refractivity (Wildman–Crippen MR) is 71.8 cm³/mol. The summed E-state index contributed by atoms with van der Waals surface area (Å²) in [5.74, 6) is 0.279. The fourth-order valence-electron chi connectivity index (χ4n) is 2.83. The molecule has 1 aromatic rings. The monoisotopic (exact) mass is 250 g/mol. The topological polar surface area (TPSA) is 55.7 Å². The van der Waals surface area contributed by atoms with Gasteiger partial charge in [0, 0.05) is 30.3 Å². The van der Waals surface area contributed by atoms with Crippen molar-refractivity contribution in [1.82, 2.24) is 10.2 Å². The number of phenolic OH excluding ortho intramolecular Hbond substituents is 2. The summed E-state index contributed by atoms with van der Waals surface area (Å²) in [4.78, 5) is 2.39. The van der Waals surface area contributed by atoms with Gasteiger partial charge in [-0.05, 0) is 32.5 Å². The summed E-state index contributed by atoms with van der Waals surface area (Å²) in [5, 5.41) is 22.7. The lowest BCUT2D eigenvalue weighted by Crippen LogP contribution is -2.38. The smallest absolute Gasteiger partial charge is 0.124 e. The Balaban J connectivity index is 2.19. The Bertz CT molecular complexity index is 403. The molecule has 4 nitrogen and oxygen atoms in total. The van der Waals surface area contributed by atoms with Crippen molar-refractivity contribution in [3.05, 3.63) is 23.8 Å². The zero-order valence-corrected chi connectivity index (χ0v) is 11.1. The quantitative estimate of drug-likeness (QED) is 0.763. The molecule has 0 radical (unpaired) electrons. The Morgan fingerprint density at radius 3 is 2.78 bits per heavy atom. The minimum absolute atomic E-state index is 0.106. The molecule has 1 saturated heterocycles. The molecule has 1 heterocycles. The van der Waals surface area contributed by atoms with Crippen LogP contribution in [-0.4, -0.2) is 40.8 Å². The van der Waals surface area contributed by atoms with Gasteiger partial charge in [0.25, 0.3) is 0 Å². The van der Waals surface area contributed by atoms with E-state index in [2.05, 4.69) is 24.1 Å². The zero-order chi connectivity index (χ0) is 13.1. The van der Waals surface area contributed by atoms with Crippen molar-refractivity contribution in [2.45, 2.75) is 32.4 Å². The predicted octanol–water partition coefficient (Wildman–Crippen LogP) is 1.84. The molecule has 1 aliphatic heterocycles. The van der Waals surface area contributed by atoms with Crippen LogP contribution in [0.1, 0.15) is 31.9 Å². The number of nitrogens with zero attached hydrogens (tertiary/aromatic N) is 1. The Kier molecular flexibility index (Phi) is 4.09. The molecule has 1 aromatic carbocycles. The molecule has 100 valence electrons. The molecule has 0 amide bonds. The minimum Gasteiger partial charge on any atom is -0.508 e. The van der Waals surface area contributed by atoms with Gasteiger partial charge in [-0.25, -0.2) is 0 Å². The van der Waals surface area contributed by atoms with Crippen LogP contribution in [0.3, 0.4) is 0 Å². The fourth-order valence-corrected chi connectivity index (χ4v) is 2.83. The summed E-state index contributed by atoms with van der Waals surface area (Å²) in [5.41, 5.74) is 0.876. The molecule has 2 atom stereocenters. The maximum atomic E-state index is 9.95. The molecule has 1 fully saturated rings. The highest BCUT2D eigenvalue weighted by molar-refractivity contribution is 5.40. The van der Waals surface area contributed by atoms with E-state index in [1.165, 1.54) is 6.07 Å². The first kappa shape index (κ1) is 13.2. The Labute approximate surface area is 108 Å². The molecular weight excluding hydrogens is 228 g/mol. The molecular formula is C14H22N2O2. The highest BCUT2D eigenvalue weighted by Crippen LogP contribution is 2.32. The number of phenols is 2. The molecule has 0 spiro atoms. The highest BCUT2D eigenvalue weighted by atomic mass is 16.3. The van der Waals surface area contributed by atoms with Gasteiger partial charge in [-0.2, -0.15) is 0 Å². The summed E-state index contributed by atoms with van der Waals surface area (Å²) in [6.45, 7) is 7.28. The van der Waals surface area contributed by atoms with Crippen LogP contribution in [0.15, 0.2) is 18.2 Å². The van der Waals surface area contributed by atoms with E-state index in [-0.39, 0.29) is 17.5 Å². The van der Waals surface area contributed by atoms with Crippen LogP contribution in [0.4, 0.5) is 0 Å². The number of hydrogen-bond donors (Lipinski definition) is 3. The van der Waals surface area contributed by atoms with Gasteiger partial charge < -0.3 is 15.5 Å². The molecule has 18 heavy (non-hydrogen) atoms. The SMILES string of the molecule is CCN(C1CCNC1)C(C)c1ccc(O)cc1O. The standard InChI is InChI=1S/C14H22N2O2/c1-3-16(11-6-7-15-9-11)10(2)13-5-4-12(17)8-14(13)18/h4-5,8,10-11,15,17-18H,3,6-7,9H2,1-2H3. The van der Waals surface area contributed by atoms with E-state index in [0.717, 1.165) is 31.6 Å². The van der Waals surface area contributed by atoms with Crippen molar-refractivity contribution >= 4 is 0 Å². The number of likely N-dealkylation sites (N-methyl/N-ethyl adjacent to an activating group) is 1.